The van der Waals surface area contributed by atoms with E-state index in [4.69, 9.17) is 10.5 Å². The van der Waals surface area contributed by atoms with Crippen LogP contribution >= 0.6 is 15.9 Å². The summed E-state index contributed by atoms with van der Waals surface area (Å²) in [7, 11) is 0. The quantitative estimate of drug-likeness (QED) is 0.666. The van der Waals surface area contributed by atoms with Crippen LogP contribution in [0, 0.1) is 22.7 Å². The number of nitrogens with one attached hydrogen (secondary N) is 1. The number of pyridine rings is 1. The predicted molar refractivity (Wildman–Crippen MR) is 105 cm³/mol. The molecule has 3 N–H and O–H groups in total. The average molecular weight is 421 g/mol. The Morgan fingerprint density at radius 3 is 2.37 bits per heavy atom. The van der Waals surface area contributed by atoms with E-state index in [1.54, 1.807) is 24.3 Å². The molecule has 3 rings (SSSR count). The van der Waals surface area contributed by atoms with Gasteiger partial charge in [0.1, 0.15) is 41.4 Å². The number of nitrogens with zero attached hydrogens (tertiary/aromatic N) is 2. The maximum absolute atomic E-state index is 12.1. The summed E-state index contributed by atoms with van der Waals surface area (Å²) >= 11 is 3.38. The molecule has 3 aromatic rings. The van der Waals surface area contributed by atoms with Crippen LogP contribution in [0.5, 0.6) is 5.75 Å². The topological polar surface area (TPSA) is 116 Å². The zero-order valence-electron chi connectivity index (χ0n) is 14.0. The lowest BCUT2D eigenvalue weighted by Gasteiger charge is -2.14. The maximum Gasteiger partial charge on any atom is 0.268 e. The molecule has 0 bridgehead atoms. The Balaban J connectivity index is 2.10. The van der Waals surface area contributed by atoms with E-state index in [2.05, 4.69) is 20.9 Å². The van der Waals surface area contributed by atoms with Gasteiger partial charge in [-0.1, -0.05) is 46.3 Å². The van der Waals surface area contributed by atoms with E-state index in [0.29, 0.717) is 11.3 Å². The Kier molecular flexibility index (Phi) is 5.25. The van der Waals surface area contributed by atoms with Gasteiger partial charge < -0.3 is 15.5 Å². The van der Waals surface area contributed by atoms with Crippen molar-refractivity contribution < 1.29 is 4.74 Å². The van der Waals surface area contributed by atoms with Crippen molar-refractivity contribution in [3.8, 4) is 29.0 Å². The number of nitriles is 2. The third-order valence-electron chi connectivity index (χ3n) is 3.93. The molecule has 0 atom stereocenters. The van der Waals surface area contributed by atoms with Crippen LogP contribution in [-0.2, 0) is 6.61 Å². The SMILES string of the molecule is N#Cc1c(N)[nH]c(=O)c(C#N)c1-c1ccccc1OCc1ccc(Br)cc1. The van der Waals surface area contributed by atoms with Gasteiger partial charge in [-0.15, -0.1) is 0 Å². The molecule has 0 amide bonds. The Labute approximate surface area is 163 Å². The molecular formula is C20H13BrN4O2. The number of rotatable bonds is 4. The van der Waals surface area contributed by atoms with E-state index >= 15 is 0 Å². The lowest BCUT2D eigenvalue weighted by molar-refractivity contribution is 0.307. The summed E-state index contributed by atoms with van der Waals surface area (Å²) in [5.41, 5.74) is 6.57. The lowest BCUT2D eigenvalue weighted by atomic mass is 9.96. The van der Waals surface area contributed by atoms with Crippen molar-refractivity contribution >= 4 is 21.7 Å². The van der Waals surface area contributed by atoms with Crippen molar-refractivity contribution in [2.45, 2.75) is 6.61 Å². The number of aromatic amines is 1. The number of ether oxygens (including phenoxy) is 1. The van der Waals surface area contributed by atoms with Gasteiger partial charge in [0.15, 0.2) is 0 Å². The minimum Gasteiger partial charge on any atom is -0.488 e. The molecular weight excluding hydrogens is 408 g/mol. The highest BCUT2D eigenvalue weighted by molar-refractivity contribution is 9.10. The number of aromatic nitrogens is 1. The first kappa shape index (κ1) is 18.2. The van der Waals surface area contributed by atoms with Crippen LogP contribution in [0.15, 0.2) is 57.8 Å². The first-order chi connectivity index (χ1) is 13.0. The Morgan fingerprint density at radius 2 is 1.70 bits per heavy atom. The molecule has 0 aliphatic rings. The molecule has 7 heteroatoms. The molecule has 0 saturated heterocycles. The van der Waals surface area contributed by atoms with E-state index < -0.39 is 5.56 Å². The van der Waals surface area contributed by atoms with Crippen molar-refractivity contribution in [3.05, 3.63) is 80.0 Å². The largest absolute Gasteiger partial charge is 0.488 e. The number of para-hydroxylation sites is 1. The van der Waals surface area contributed by atoms with Gasteiger partial charge in [-0.2, -0.15) is 10.5 Å². The summed E-state index contributed by atoms with van der Waals surface area (Å²) in [6.07, 6.45) is 0. The molecule has 0 spiro atoms. The van der Waals surface area contributed by atoms with Crippen LogP contribution in [0.2, 0.25) is 0 Å². The molecule has 6 nitrogen and oxygen atoms in total. The standard InChI is InChI=1S/C20H13BrN4O2/c21-13-7-5-12(6-8-13)11-27-17-4-2-1-3-14(17)18-15(9-22)19(24)25-20(26)16(18)10-23/h1-8H,11H2,(H3,24,25,26). The zero-order chi connectivity index (χ0) is 19.4. The monoisotopic (exact) mass is 420 g/mol. The van der Waals surface area contributed by atoms with Gasteiger partial charge in [-0.3, -0.25) is 4.79 Å². The molecule has 2 aromatic carbocycles. The van der Waals surface area contributed by atoms with Gasteiger partial charge in [0.2, 0.25) is 0 Å². The minimum absolute atomic E-state index is 0.0332. The van der Waals surface area contributed by atoms with Crippen molar-refractivity contribution in [2.75, 3.05) is 5.73 Å². The summed E-state index contributed by atoms with van der Waals surface area (Å²) in [6.45, 7) is 0.284. The van der Waals surface area contributed by atoms with E-state index in [9.17, 15) is 15.3 Å². The van der Waals surface area contributed by atoms with E-state index in [1.807, 2.05) is 36.4 Å². The van der Waals surface area contributed by atoms with Gasteiger partial charge in [-0.05, 0) is 23.8 Å². The molecule has 0 aliphatic heterocycles. The van der Waals surface area contributed by atoms with Crippen LogP contribution < -0.4 is 16.0 Å². The number of anilines is 1. The van der Waals surface area contributed by atoms with Crippen LogP contribution in [0.25, 0.3) is 11.1 Å². The van der Waals surface area contributed by atoms with E-state index in [0.717, 1.165) is 10.0 Å². The maximum atomic E-state index is 12.1. The number of nitrogen functional groups attached to an aromatic ring is 1. The molecule has 132 valence electrons. The Morgan fingerprint density at radius 1 is 1.04 bits per heavy atom. The highest BCUT2D eigenvalue weighted by atomic mass is 79.9. The lowest BCUT2D eigenvalue weighted by Crippen LogP contribution is -2.16. The van der Waals surface area contributed by atoms with Gasteiger partial charge in [-0.25, -0.2) is 0 Å². The number of hydrogen-bond acceptors (Lipinski definition) is 5. The Bertz CT molecular complexity index is 1140. The zero-order valence-corrected chi connectivity index (χ0v) is 15.6. The first-order valence-corrected chi connectivity index (χ1v) is 8.67. The molecule has 0 saturated carbocycles. The molecule has 0 aliphatic carbocycles. The van der Waals surface area contributed by atoms with Gasteiger partial charge in [0, 0.05) is 15.6 Å². The second-order valence-electron chi connectivity index (χ2n) is 5.63. The number of H-pyrrole nitrogens is 1. The predicted octanol–water partition coefficient (Wildman–Crippen LogP) is 3.71. The molecule has 0 radical (unpaired) electrons. The Hall–Kier alpha value is -3.55. The fraction of sp³-hybridized carbons (Fsp3) is 0.0500. The molecule has 27 heavy (non-hydrogen) atoms. The summed E-state index contributed by atoms with van der Waals surface area (Å²) in [6, 6.07) is 18.4. The van der Waals surface area contributed by atoms with E-state index in [-0.39, 0.29) is 29.1 Å². The fourth-order valence-electron chi connectivity index (χ4n) is 2.65. The van der Waals surface area contributed by atoms with Crippen LogP contribution in [0.1, 0.15) is 16.7 Å². The first-order valence-electron chi connectivity index (χ1n) is 7.87. The minimum atomic E-state index is -0.647. The van der Waals surface area contributed by atoms with Gasteiger partial charge >= 0.3 is 0 Å². The molecule has 1 heterocycles. The summed E-state index contributed by atoms with van der Waals surface area (Å²) < 4.78 is 6.87. The molecule has 0 fully saturated rings. The van der Waals surface area contributed by atoms with E-state index in [1.165, 1.54) is 0 Å². The van der Waals surface area contributed by atoms with Crippen LogP contribution in [0.3, 0.4) is 0 Å². The van der Waals surface area contributed by atoms with Crippen LogP contribution in [0.4, 0.5) is 5.82 Å². The highest BCUT2D eigenvalue weighted by Gasteiger charge is 2.20. The number of benzene rings is 2. The summed E-state index contributed by atoms with van der Waals surface area (Å²) in [5, 5.41) is 18.9. The second kappa shape index (κ2) is 7.77. The highest BCUT2D eigenvalue weighted by Crippen LogP contribution is 2.35. The molecule has 1 aromatic heterocycles. The number of halogens is 1. The summed E-state index contributed by atoms with van der Waals surface area (Å²) in [4.78, 5) is 14.5. The van der Waals surface area contributed by atoms with Crippen molar-refractivity contribution in [2.24, 2.45) is 0 Å². The van der Waals surface area contributed by atoms with Crippen LogP contribution in [-0.4, -0.2) is 4.98 Å². The fourth-order valence-corrected chi connectivity index (χ4v) is 2.92. The van der Waals surface area contributed by atoms with Crippen molar-refractivity contribution in [1.82, 2.24) is 4.98 Å². The average Bonchev–Trinajstić information content (AvgIpc) is 2.67. The normalized spacial score (nSPS) is 10.0. The summed E-state index contributed by atoms with van der Waals surface area (Å²) in [5.74, 6) is 0.359. The smallest absolute Gasteiger partial charge is 0.268 e. The third kappa shape index (κ3) is 3.69. The van der Waals surface area contributed by atoms with Gasteiger partial charge in [0.05, 0.1) is 0 Å². The number of nitrogens with two attached hydrogens (primary N) is 1. The van der Waals surface area contributed by atoms with Gasteiger partial charge in [0.25, 0.3) is 5.56 Å². The van der Waals surface area contributed by atoms with Crippen molar-refractivity contribution in [3.63, 3.8) is 0 Å². The number of hydrogen-bond donors (Lipinski definition) is 2. The molecule has 0 unspecified atom stereocenters. The second-order valence-corrected chi connectivity index (χ2v) is 6.54. The third-order valence-corrected chi connectivity index (χ3v) is 4.46. The van der Waals surface area contributed by atoms with Crippen molar-refractivity contribution in [1.29, 1.82) is 10.5 Å².